The van der Waals surface area contributed by atoms with Gasteiger partial charge >= 0.3 is 0 Å². The number of ketones is 1. The summed E-state index contributed by atoms with van der Waals surface area (Å²) in [6.45, 7) is 6.81. The molecule has 2 bridgehead atoms. The summed E-state index contributed by atoms with van der Waals surface area (Å²) in [7, 11) is 1.58. The minimum atomic E-state index is -0.584. The molecule has 0 amide bonds. The van der Waals surface area contributed by atoms with Crippen molar-refractivity contribution in [1.29, 1.82) is 0 Å². The summed E-state index contributed by atoms with van der Waals surface area (Å²) in [5, 5.41) is 0.650. The van der Waals surface area contributed by atoms with Gasteiger partial charge in [-0.05, 0) is 49.1 Å². The summed E-state index contributed by atoms with van der Waals surface area (Å²) >= 11 is 0. The Morgan fingerprint density at radius 2 is 1.75 bits per heavy atom. The van der Waals surface area contributed by atoms with Crippen LogP contribution in [0.4, 0.5) is 10.1 Å². The summed E-state index contributed by atoms with van der Waals surface area (Å²) in [5.74, 6) is 1.20. The molecule has 0 atom stereocenters. The molecule has 0 spiro atoms. The largest absolute Gasteiger partial charge is 0.493 e. The molecular formula is C40H40FN5O5. The molecule has 2 fully saturated rings. The van der Waals surface area contributed by atoms with E-state index >= 15 is 4.39 Å². The number of anilines is 1. The number of nitrogens with zero attached hydrogens (tertiary/aromatic N) is 5. The predicted octanol–water partition coefficient (Wildman–Crippen LogP) is 6.86. The second kappa shape index (κ2) is 14.6. The number of Topliss-reactive ketones (excluding diaryl/α,β-unsaturated/α-hetero) is 1. The number of halogens is 1. The zero-order chi connectivity index (χ0) is 34.7. The van der Waals surface area contributed by atoms with E-state index in [1.807, 2.05) is 36.4 Å². The average molecular weight is 690 g/mol. The number of piperidine rings is 1. The van der Waals surface area contributed by atoms with E-state index in [-0.39, 0.29) is 23.8 Å². The molecule has 2 aromatic heterocycles. The zero-order valence-electron chi connectivity index (χ0n) is 28.6. The van der Waals surface area contributed by atoms with Gasteiger partial charge in [-0.25, -0.2) is 14.4 Å². The molecule has 5 aromatic rings. The van der Waals surface area contributed by atoms with Crippen LogP contribution < -0.4 is 19.1 Å². The highest BCUT2D eigenvalue weighted by atomic mass is 19.1. The van der Waals surface area contributed by atoms with Crippen LogP contribution in [0.1, 0.15) is 47.1 Å². The number of hydrogen-bond donors (Lipinski definition) is 0. The summed E-state index contributed by atoms with van der Waals surface area (Å²) in [6.07, 6.45) is 4.48. The Hall–Kier alpha value is -5.13. The second-order valence-corrected chi connectivity index (χ2v) is 13.2. The van der Waals surface area contributed by atoms with Gasteiger partial charge in [0.15, 0.2) is 28.9 Å². The van der Waals surface area contributed by atoms with Gasteiger partial charge in [0.2, 0.25) is 5.78 Å². The van der Waals surface area contributed by atoms with Crippen LogP contribution in [0, 0.1) is 5.82 Å². The number of aromatic nitrogens is 3. The van der Waals surface area contributed by atoms with E-state index in [1.165, 1.54) is 6.07 Å². The Bertz CT molecular complexity index is 2050. The zero-order valence-corrected chi connectivity index (χ0v) is 28.6. The number of carbonyl (C=O) groups excluding carboxylic acids is 1. The normalized spacial score (nSPS) is 15.9. The molecule has 0 saturated carbocycles. The molecule has 4 aliphatic rings. The molecule has 0 aliphatic carbocycles. The van der Waals surface area contributed by atoms with Crippen molar-refractivity contribution in [2.45, 2.75) is 31.6 Å². The predicted molar refractivity (Wildman–Crippen MR) is 192 cm³/mol. The maximum Gasteiger partial charge on any atom is 0.204 e. The van der Waals surface area contributed by atoms with Crippen LogP contribution in [-0.2, 0) is 11.2 Å². The van der Waals surface area contributed by atoms with E-state index in [4.69, 9.17) is 28.9 Å². The van der Waals surface area contributed by atoms with Gasteiger partial charge in [-0.2, -0.15) is 0 Å². The number of ether oxygens (including phenoxy) is 4. The van der Waals surface area contributed by atoms with Crippen LogP contribution in [0.3, 0.4) is 0 Å². The number of benzene rings is 3. The molecule has 0 N–H and O–H groups in total. The second-order valence-electron chi connectivity index (χ2n) is 13.2. The Morgan fingerprint density at radius 3 is 2.53 bits per heavy atom. The van der Waals surface area contributed by atoms with Gasteiger partial charge in [-0.15, -0.1) is 0 Å². The molecule has 10 nitrogen and oxygen atoms in total. The minimum Gasteiger partial charge on any atom is -0.493 e. The Kier molecular flexibility index (Phi) is 9.47. The average Bonchev–Trinajstić information content (AvgIpc) is 3.18. The Balaban J connectivity index is 0.980. The van der Waals surface area contributed by atoms with E-state index in [1.54, 1.807) is 37.6 Å². The first-order valence-electron chi connectivity index (χ1n) is 17.7. The molecule has 0 unspecified atom stereocenters. The lowest BCUT2D eigenvalue weighted by atomic mass is 9.85. The number of carbonyl (C=O) groups is 1. The standard InChI is InChI=1S/C40H40FN5O5/c1-48-35-24-29-31(25-36(35)50-19-5-14-45-17-20-49-21-18-45)42-13-10-33(29)51-34-9-8-26(22-30(34)41)23-32(47)40-43-37(27-6-3-2-4-7-27)39-38(44-40)28-11-15-46(39)16-12-28/h2-4,6-10,13,22,24-25,28H,5,11-12,14-21,23H2,1H3. The maximum absolute atomic E-state index is 15.6. The first-order chi connectivity index (χ1) is 25.0. The molecule has 2 saturated heterocycles. The minimum absolute atomic E-state index is 0.0302. The summed E-state index contributed by atoms with van der Waals surface area (Å²) in [5.41, 5.74) is 4.86. The fraction of sp³-hybridized carbons (Fsp3) is 0.350. The van der Waals surface area contributed by atoms with Gasteiger partial charge in [0.05, 0.1) is 49.5 Å². The first kappa shape index (κ1) is 33.0. The molecule has 4 aliphatic heterocycles. The van der Waals surface area contributed by atoms with Crippen molar-refractivity contribution in [2.75, 3.05) is 64.6 Å². The monoisotopic (exact) mass is 689 g/mol. The van der Waals surface area contributed by atoms with Crippen molar-refractivity contribution in [1.82, 2.24) is 19.9 Å². The highest BCUT2D eigenvalue weighted by molar-refractivity contribution is 5.96. The number of methoxy groups -OCH3 is 1. The molecule has 11 heteroatoms. The third-order valence-electron chi connectivity index (χ3n) is 9.95. The van der Waals surface area contributed by atoms with Crippen molar-refractivity contribution >= 4 is 22.4 Å². The Labute approximate surface area is 296 Å². The SMILES string of the molecule is COc1cc2c(Oc3ccc(CC(=O)c4nc(-c5ccccc5)c5c(n4)C4CCN5CC4)cc3F)ccnc2cc1OCCCN1CCOCC1. The van der Waals surface area contributed by atoms with Gasteiger partial charge in [-0.3, -0.25) is 14.7 Å². The van der Waals surface area contributed by atoms with Gasteiger partial charge in [0.25, 0.3) is 0 Å². The van der Waals surface area contributed by atoms with Gasteiger partial charge < -0.3 is 23.8 Å². The number of pyridine rings is 1. The summed E-state index contributed by atoms with van der Waals surface area (Å²) < 4.78 is 38.8. The van der Waals surface area contributed by atoms with Crippen molar-refractivity contribution < 1.29 is 28.1 Å². The molecule has 3 aromatic carbocycles. The third-order valence-corrected chi connectivity index (χ3v) is 9.95. The fourth-order valence-electron chi connectivity index (χ4n) is 7.27. The highest BCUT2D eigenvalue weighted by Gasteiger charge is 2.36. The highest BCUT2D eigenvalue weighted by Crippen LogP contribution is 2.45. The van der Waals surface area contributed by atoms with Crippen LogP contribution in [0.25, 0.3) is 22.2 Å². The number of hydrogen-bond acceptors (Lipinski definition) is 10. The van der Waals surface area contributed by atoms with Gasteiger partial charge in [-0.1, -0.05) is 36.4 Å². The van der Waals surface area contributed by atoms with E-state index < -0.39 is 5.82 Å². The van der Waals surface area contributed by atoms with Crippen molar-refractivity contribution in [2.24, 2.45) is 0 Å². The fourth-order valence-corrected chi connectivity index (χ4v) is 7.27. The molecule has 51 heavy (non-hydrogen) atoms. The molecule has 262 valence electrons. The van der Waals surface area contributed by atoms with Crippen LogP contribution in [-0.4, -0.2) is 85.3 Å². The van der Waals surface area contributed by atoms with Crippen molar-refractivity contribution in [3.63, 3.8) is 0 Å². The maximum atomic E-state index is 15.6. The van der Waals surface area contributed by atoms with Crippen molar-refractivity contribution in [3.8, 4) is 34.3 Å². The Morgan fingerprint density at radius 1 is 0.922 bits per heavy atom. The lowest BCUT2D eigenvalue weighted by Gasteiger charge is -2.42. The lowest BCUT2D eigenvalue weighted by Crippen LogP contribution is -2.40. The van der Waals surface area contributed by atoms with E-state index in [2.05, 4.69) is 14.8 Å². The van der Waals surface area contributed by atoms with E-state index in [0.29, 0.717) is 46.2 Å². The topological polar surface area (TPSA) is 99.1 Å². The lowest BCUT2D eigenvalue weighted by molar-refractivity contribution is 0.0357. The van der Waals surface area contributed by atoms with Crippen LogP contribution in [0.2, 0.25) is 0 Å². The number of fused-ring (bicyclic) bond motifs is 3. The van der Waals surface area contributed by atoms with Gasteiger partial charge in [0.1, 0.15) is 5.75 Å². The van der Waals surface area contributed by atoms with Crippen LogP contribution >= 0.6 is 0 Å². The van der Waals surface area contributed by atoms with E-state index in [0.717, 1.165) is 87.8 Å². The number of rotatable bonds is 12. The molecular weight excluding hydrogens is 649 g/mol. The summed E-state index contributed by atoms with van der Waals surface area (Å²) in [4.78, 5) is 32.5. The van der Waals surface area contributed by atoms with Crippen LogP contribution in [0.5, 0.6) is 23.0 Å². The van der Waals surface area contributed by atoms with Crippen LogP contribution in [0.15, 0.2) is 72.9 Å². The van der Waals surface area contributed by atoms with Gasteiger partial charge in [0, 0.05) is 68.3 Å². The first-order valence-corrected chi connectivity index (χ1v) is 17.7. The third kappa shape index (κ3) is 6.96. The summed E-state index contributed by atoms with van der Waals surface area (Å²) in [6, 6.07) is 19.8. The number of morpholine rings is 1. The molecule has 9 rings (SSSR count). The molecule has 0 radical (unpaired) electrons. The smallest absolute Gasteiger partial charge is 0.204 e. The van der Waals surface area contributed by atoms with E-state index in [9.17, 15) is 4.79 Å². The quantitative estimate of drug-likeness (QED) is 0.102. The van der Waals surface area contributed by atoms with Crippen molar-refractivity contribution in [3.05, 3.63) is 95.8 Å². The molecule has 6 heterocycles.